The summed E-state index contributed by atoms with van der Waals surface area (Å²) in [6.07, 6.45) is 1.44. The molecule has 1 aromatic carbocycles. The van der Waals surface area contributed by atoms with Gasteiger partial charge in [-0.15, -0.1) is 0 Å². The highest BCUT2D eigenvalue weighted by atomic mass is 35.5. The summed E-state index contributed by atoms with van der Waals surface area (Å²) >= 11 is 5.73. The number of halogens is 1. The van der Waals surface area contributed by atoms with Crippen LogP contribution in [-0.2, 0) is 6.54 Å². The van der Waals surface area contributed by atoms with Gasteiger partial charge in [-0.25, -0.2) is 0 Å². The second kappa shape index (κ2) is 6.12. The Morgan fingerprint density at radius 3 is 2.65 bits per heavy atom. The van der Waals surface area contributed by atoms with E-state index in [4.69, 9.17) is 11.6 Å². The van der Waals surface area contributed by atoms with Crippen LogP contribution in [0.25, 0.3) is 0 Å². The predicted molar refractivity (Wildman–Crippen MR) is 73.5 cm³/mol. The van der Waals surface area contributed by atoms with Gasteiger partial charge in [0, 0.05) is 22.8 Å². The molecule has 1 amide bonds. The fourth-order valence-electron chi connectivity index (χ4n) is 1.60. The fraction of sp³-hybridized carbons (Fsp3) is 0.0769. The van der Waals surface area contributed by atoms with E-state index in [2.05, 4.69) is 10.3 Å². The second-order valence-electron chi connectivity index (χ2n) is 3.92. The van der Waals surface area contributed by atoms with Gasteiger partial charge in [0.25, 0.3) is 11.6 Å². The Balaban J connectivity index is 2.07. The third kappa shape index (κ3) is 3.30. The van der Waals surface area contributed by atoms with Crippen LogP contribution >= 0.6 is 11.6 Å². The molecule has 1 aromatic heterocycles. The van der Waals surface area contributed by atoms with Crippen molar-refractivity contribution in [2.24, 2.45) is 0 Å². The molecule has 2 rings (SSSR count). The van der Waals surface area contributed by atoms with Gasteiger partial charge in [-0.3, -0.25) is 19.9 Å². The minimum atomic E-state index is -0.531. The van der Waals surface area contributed by atoms with E-state index in [-0.39, 0.29) is 23.8 Å². The summed E-state index contributed by atoms with van der Waals surface area (Å²) in [6, 6.07) is 9.16. The Bertz CT molecular complexity index is 644. The van der Waals surface area contributed by atoms with Gasteiger partial charge >= 0.3 is 0 Å². The maximum atomic E-state index is 11.9. The molecule has 102 valence electrons. The van der Waals surface area contributed by atoms with Crippen LogP contribution in [0, 0.1) is 10.1 Å². The third-order valence-corrected chi connectivity index (χ3v) is 2.84. The monoisotopic (exact) mass is 291 g/mol. The van der Waals surface area contributed by atoms with Gasteiger partial charge in [0.1, 0.15) is 5.69 Å². The minimum absolute atomic E-state index is 0.0153. The van der Waals surface area contributed by atoms with Gasteiger partial charge in [-0.2, -0.15) is 0 Å². The zero-order chi connectivity index (χ0) is 14.5. The van der Waals surface area contributed by atoms with Gasteiger partial charge in [0.15, 0.2) is 0 Å². The highest BCUT2D eigenvalue weighted by Crippen LogP contribution is 2.15. The standard InChI is InChI=1S/C13H10ClN3O3/c14-10-5-3-9(4-6-10)13(18)16-8-11-12(17(19)20)2-1-7-15-11/h1-7H,8H2,(H,16,18). The van der Waals surface area contributed by atoms with Crippen LogP contribution in [0.2, 0.25) is 5.02 Å². The lowest BCUT2D eigenvalue weighted by atomic mass is 10.2. The molecule has 0 atom stereocenters. The zero-order valence-corrected chi connectivity index (χ0v) is 11.0. The summed E-state index contributed by atoms with van der Waals surface area (Å²) in [6.45, 7) is -0.0153. The summed E-state index contributed by atoms with van der Waals surface area (Å²) in [5.74, 6) is -0.346. The topological polar surface area (TPSA) is 85.1 Å². The van der Waals surface area contributed by atoms with Crippen molar-refractivity contribution in [2.75, 3.05) is 0 Å². The highest BCUT2D eigenvalue weighted by molar-refractivity contribution is 6.30. The largest absolute Gasteiger partial charge is 0.346 e. The Labute approximate surface area is 119 Å². The summed E-state index contributed by atoms with van der Waals surface area (Å²) in [5, 5.41) is 13.9. The van der Waals surface area contributed by atoms with Crippen molar-refractivity contribution in [1.82, 2.24) is 10.3 Å². The van der Waals surface area contributed by atoms with Crippen LogP contribution in [0.5, 0.6) is 0 Å². The molecule has 0 unspecified atom stereocenters. The van der Waals surface area contributed by atoms with Gasteiger partial charge in [0.05, 0.1) is 11.5 Å². The van der Waals surface area contributed by atoms with Gasteiger partial charge in [0.2, 0.25) is 0 Å². The number of nitrogens with one attached hydrogen (secondary N) is 1. The maximum absolute atomic E-state index is 11.9. The Kier molecular flexibility index (Phi) is 4.27. The first-order valence-electron chi connectivity index (χ1n) is 5.70. The molecule has 7 heteroatoms. The van der Waals surface area contributed by atoms with E-state index in [9.17, 15) is 14.9 Å². The number of carbonyl (C=O) groups is 1. The number of amides is 1. The summed E-state index contributed by atoms with van der Waals surface area (Å²) in [7, 11) is 0. The van der Waals surface area contributed by atoms with E-state index in [0.717, 1.165) is 0 Å². The van der Waals surface area contributed by atoms with Gasteiger partial charge in [-0.1, -0.05) is 11.6 Å². The number of nitrogens with zero attached hydrogens (tertiary/aromatic N) is 2. The van der Waals surface area contributed by atoms with E-state index in [1.165, 1.54) is 18.3 Å². The molecule has 0 saturated carbocycles. The van der Waals surface area contributed by atoms with Gasteiger partial charge in [-0.05, 0) is 30.3 Å². The first-order chi connectivity index (χ1) is 9.58. The number of pyridine rings is 1. The predicted octanol–water partition coefficient (Wildman–Crippen LogP) is 2.57. The van der Waals surface area contributed by atoms with Crippen LogP contribution in [-0.4, -0.2) is 15.8 Å². The van der Waals surface area contributed by atoms with Crippen molar-refractivity contribution in [3.63, 3.8) is 0 Å². The van der Waals surface area contributed by atoms with Crippen LogP contribution in [0.1, 0.15) is 16.1 Å². The number of benzene rings is 1. The molecular formula is C13H10ClN3O3. The first kappa shape index (κ1) is 14.0. The molecule has 20 heavy (non-hydrogen) atoms. The summed E-state index contributed by atoms with van der Waals surface area (Å²) in [4.78, 5) is 26.0. The Morgan fingerprint density at radius 2 is 2.00 bits per heavy atom. The lowest BCUT2D eigenvalue weighted by molar-refractivity contribution is -0.386. The third-order valence-electron chi connectivity index (χ3n) is 2.59. The van der Waals surface area contributed by atoms with Crippen molar-refractivity contribution < 1.29 is 9.72 Å². The molecule has 0 radical (unpaired) electrons. The maximum Gasteiger partial charge on any atom is 0.292 e. The fourth-order valence-corrected chi connectivity index (χ4v) is 1.73. The van der Waals surface area contributed by atoms with Crippen LogP contribution in [0.4, 0.5) is 5.69 Å². The molecule has 0 saturated heterocycles. The van der Waals surface area contributed by atoms with E-state index < -0.39 is 4.92 Å². The average molecular weight is 292 g/mol. The van der Waals surface area contributed by atoms with Crippen molar-refractivity contribution in [1.29, 1.82) is 0 Å². The Morgan fingerprint density at radius 1 is 1.30 bits per heavy atom. The molecule has 0 aliphatic rings. The van der Waals surface area contributed by atoms with Crippen molar-refractivity contribution >= 4 is 23.2 Å². The minimum Gasteiger partial charge on any atom is -0.346 e. The quantitative estimate of drug-likeness (QED) is 0.693. The lowest BCUT2D eigenvalue weighted by Gasteiger charge is -2.05. The number of hydrogen-bond acceptors (Lipinski definition) is 4. The molecule has 6 nitrogen and oxygen atoms in total. The Hall–Kier alpha value is -2.47. The molecule has 0 aliphatic carbocycles. The lowest BCUT2D eigenvalue weighted by Crippen LogP contribution is -2.23. The summed E-state index contributed by atoms with van der Waals surface area (Å²) < 4.78 is 0. The second-order valence-corrected chi connectivity index (χ2v) is 4.35. The van der Waals surface area contributed by atoms with Crippen molar-refractivity contribution in [3.05, 3.63) is 69.0 Å². The molecule has 0 fully saturated rings. The first-order valence-corrected chi connectivity index (χ1v) is 6.08. The molecular weight excluding hydrogens is 282 g/mol. The van der Waals surface area contributed by atoms with E-state index in [1.807, 2.05) is 0 Å². The summed E-state index contributed by atoms with van der Waals surface area (Å²) in [5.41, 5.74) is 0.511. The van der Waals surface area contributed by atoms with Crippen LogP contribution in [0.3, 0.4) is 0 Å². The van der Waals surface area contributed by atoms with Crippen molar-refractivity contribution in [2.45, 2.75) is 6.54 Å². The molecule has 0 spiro atoms. The normalized spacial score (nSPS) is 10.1. The smallest absolute Gasteiger partial charge is 0.292 e. The molecule has 1 heterocycles. The number of nitro groups is 1. The SMILES string of the molecule is O=C(NCc1ncccc1[N+](=O)[O-])c1ccc(Cl)cc1. The number of rotatable bonds is 4. The molecule has 1 N–H and O–H groups in total. The molecule has 0 aliphatic heterocycles. The van der Waals surface area contributed by atoms with Crippen LogP contribution in [0.15, 0.2) is 42.6 Å². The van der Waals surface area contributed by atoms with E-state index >= 15 is 0 Å². The van der Waals surface area contributed by atoms with Gasteiger partial charge < -0.3 is 5.32 Å². The van der Waals surface area contributed by atoms with Crippen molar-refractivity contribution in [3.8, 4) is 0 Å². The van der Waals surface area contributed by atoms with E-state index in [1.54, 1.807) is 24.3 Å². The average Bonchev–Trinajstić information content (AvgIpc) is 2.45. The number of hydrogen-bond donors (Lipinski definition) is 1. The van der Waals surface area contributed by atoms with E-state index in [0.29, 0.717) is 10.6 Å². The highest BCUT2D eigenvalue weighted by Gasteiger charge is 2.15. The zero-order valence-electron chi connectivity index (χ0n) is 10.2. The number of aromatic nitrogens is 1. The van der Waals surface area contributed by atoms with Crippen LogP contribution < -0.4 is 5.32 Å². The number of carbonyl (C=O) groups excluding carboxylic acids is 1. The molecule has 0 bridgehead atoms. The molecule has 2 aromatic rings.